The summed E-state index contributed by atoms with van der Waals surface area (Å²) in [5.74, 6) is 0.671. The first kappa shape index (κ1) is 14.7. The highest BCUT2D eigenvalue weighted by Crippen LogP contribution is 2.19. The molecule has 1 aromatic rings. The van der Waals surface area contributed by atoms with Gasteiger partial charge in [-0.15, -0.1) is 0 Å². The van der Waals surface area contributed by atoms with Crippen LogP contribution in [0.4, 0.5) is 5.82 Å². The average molecular weight is 252 g/mol. The van der Waals surface area contributed by atoms with Crippen LogP contribution in [0.2, 0.25) is 0 Å². The van der Waals surface area contributed by atoms with Gasteiger partial charge < -0.3 is 15.6 Å². The third-order valence-electron chi connectivity index (χ3n) is 3.53. The minimum absolute atomic E-state index is 0.104. The molecule has 1 aromatic heterocycles. The lowest BCUT2D eigenvalue weighted by Crippen LogP contribution is -2.48. The molecule has 1 rings (SSSR count). The number of nitrogens with one attached hydrogen (secondary N) is 1. The molecule has 18 heavy (non-hydrogen) atoms. The van der Waals surface area contributed by atoms with E-state index in [-0.39, 0.29) is 17.1 Å². The summed E-state index contributed by atoms with van der Waals surface area (Å²) in [5, 5.41) is 3.20. The lowest BCUT2D eigenvalue weighted by Gasteiger charge is -2.33. The molecule has 0 aliphatic heterocycles. The molecule has 1 unspecified atom stereocenters. The Hall–Kier alpha value is -1.36. The van der Waals surface area contributed by atoms with E-state index in [1.807, 2.05) is 20.8 Å². The molecule has 1 heterocycles. The molecule has 0 aromatic carbocycles. The molecule has 0 amide bonds. The second kappa shape index (κ2) is 5.52. The van der Waals surface area contributed by atoms with Crippen LogP contribution in [-0.4, -0.2) is 21.6 Å². The Morgan fingerprint density at radius 2 is 2.06 bits per heavy atom. The molecule has 0 aliphatic carbocycles. The van der Waals surface area contributed by atoms with Gasteiger partial charge in [-0.2, -0.15) is 0 Å². The van der Waals surface area contributed by atoms with Crippen molar-refractivity contribution in [3.63, 3.8) is 0 Å². The molecule has 102 valence electrons. The van der Waals surface area contributed by atoms with Crippen LogP contribution < -0.4 is 16.6 Å². The Bertz CT molecular complexity index is 453. The topological polar surface area (TPSA) is 72.9 Å². The van der Waals surface area contributed by atoms with E-state index in [0.29, 0.717) is 18.3 Å². The third-order valence-corrected chi connectivity index (χ3v) is 3.53. The van der Waals surface area contributed by atoms with Crippen molar-refractivity contribution in [3.05, 3.63) is 22.7 Å². The van der Waals surface area contributed by atoms with Crippen LogP contribution in [0.15, 0.2) is 17.2 Å². The molecule has 3 N–H and O–H groups in total. The standard InChI is InChI=1S/C13H24N4O/c1-9(2)13(5,8-14)16-11-12(18)17(10(3)4)7-6-15-11/h6-7,9-10H,8,14H2,1-5H3,(H,15,16). The van der Waals surface area contributed by atoms with Crippen LogP contribution in [-0.2, 0) is 0 Å². The molecule has 0 aliphatic rings. The van der Waals surface area contributed by atoms with Crippen LogP contribution >= 0.6 is 0 Å². The molecule has 1 atom stereocenters. The van der Waals surface area contributed by atoms with E-state index in [9.17, 15) is 4.79 Å². The summed E-state index contributed by atoms with van der Waals surface area (Å²) < 4.78 is 1.66. The van der Waals surface area contributed by atoms with E-state index in [2.05, 4.69) is 24.1 Å². The molecule has 0 bridgehead atoms. The van der Waals surface area contributed by atoms with Gasteiger partial charge in [-0.3, -0.25) is 4.79 Å². The lowest BCUT2D eigenvalue weighted by molar-refractivity contribution is 0.380. The summed E-state index contributed by atoms with van der Waals surface area (Å²) in [7, 11) is 0. The zero-order valence-electron chi connectivity index (χ0n) is 11.9. The number of hydrogen-bond acceptors (Lipinski definition) is 4. The molecule has 0 spiro atoms. The van der Waals surface area contributed by atoms with Gasteiger partial charge in [-0.05, 0) is 26.7 Å². The molecular formula is C13H24N4O. The van der Waals surface area contributed by atoms with Crippen molar-refractivity contribution >= 4 is 5.82 Å². The smallest absolute Gasteiger partial charge is 0.293 e. The Labute approximate surface area is 108 Å². The number of hydrogen-bond donors (Lipinski definition) is 2. The maximum absolute atomic E-state index is 12.2. The van der Waals surface area contributed by atoms with Crippen molar-refractivity contribution in [2.24, 2.45) is 11.7 Å². The summed E-state index contributed by atoms with van der Waals surface area (Å²) in [6, 6.07) is 0.115. The van der Waals surface area contributed by atoms with Crippen molar-refractivity contribution in [1.82, 2.24) is 9.55 Å². The van der Waals surface area contributed by atoms with Gasteiger partial charge in [-0.25, -0.2) is 4.98 Å². The minimum atomic E-state index is -0.331. The highest BCUT2D eigenvalue weighted by atomic mass is 16.1. The average Bonchev–Trinajstić information content (AvgIpc) is 2.31. The van der Waals surface area contributed by atoms with Gasteiger partial charge in [-0.1, -0.05) is 13.8 Å². The molecule has 0 radical (unpaired) electrons. The fourth-order valence-electron chi connectivity index (χ4n) is 1.62. The van der Waals surface area contributed by atoms with Gasteiger partial charge in [0.1, 0.15) is 0 Å². The molecule has 0 saturated heterocycles. The SMILES string of the molecule is CC(C)n1ccnc(NC(C)(CN)C(C)C)c1=O. The van der Waals surface area contributed by atoms with Crippen molar-refractivity contribution < 1.29 is 0 Å². The molecule has 5 heteroatoms. The highest BCUT2D eigenvalue weighted by Gasteiger charge is 2.28. The Morgan fingerprint density at radius 1 is 1.44 bits per heavy atom. The highest BCUT2D eigenvalue weighted by molar-refractivity contribution is 5.35. The number of aromatic nitrogens is 2. The normalized spacial score (nSPS) is 14.9. The summed E-state index contributed by atoms with van der Waals surface area (Å²) in [6.07, 6.45) is 3.34. The van der Waals surface area contributed by atoms with Crippen LogP contribution in [0.3, 0.4) is 0 Å². The van der Waals surface area contributed by atoms with Gasteiger partial charge in [0.05, 0.1) is 5.54 Å². The third kappa shape index (κ3) is 2.90. The Balaban J connectivity index is 3.13. The Kier molecular flexibility index (Phi) is 4.51. The first-order chi connectivity index (χ1) is 8.31. The molecule has 5 nitrogen and oxygen atoms in total. The van der Waals surface area contributed by atoms with E-state index in [0.717, 1.165) is 0 Å². The van der Waals surface area contributed by atoms with E-state index >= 15 is 0 Å². The van der Waals surface area contributed by atoms with Gasteiger partial charge in [0.25, 0.3) is 5.56 Å². The van der Waals surface area contributed by atoms with Crippen molar-refractivity contribution in [2.75, 3.05) is 11.9 Å². The summed E-state index contributed by atoms with van der Waals surface area (Å²) in [5.41, 5.74) is 5.37. The quantitative estimate of drug-likeness (QED) is 0.835. The molecule has 0 saturated carbocycles. The largest absolute Gasteiger partial charge is 0.359 e. The predicted octanol–water partition coefficient (Wildman–Crippen LogP) is 1.61. The van der Waals surface area contributed by atoms with E-state index in [1.54, 1.807) is 17.0 Å². The van der Waals surface area contributed by atoms with E-state index in [1.165, 1.54) is 0 Å². The summed E-state index contributed by atoms with van der Waals surface area (Å²) in [6.45, 7) is 10.5. The van der Waals surface area contributed by atoms with E-state index < -0.39 is 0 Å². The maximum Gasteiger partial charge on any atom is 0.293 e. The van der Waals surface area contributed by atoms with Crippen LogP contribution in [0.25, 0.3) is 0 Å². The zero-order valence-corrected chi connectivity index (χ0v) is 11.9. The first-order valence-corrected chi connectivity index (χ1v) is 6.37. The van der Waals surface area contributed by atoms with E-state index in [4.69, 9.17) is 5.73 Å². The number of anilines is 1. The van der Waals surface area contributed by atoms with Gasteiger partial charge >= 0.3 is 0 Å². The predicted molar refractivity (Wildman–Crippen MR) is 74.8 cm³/mol. The zero-order chi connectivity index (χ0) is 13.9. The fourth-order valence-corrected chi connectivity index (χ4v) is 1.62. The van der Waals surface area contributed by atoms with Crippen molar-refractivity contribution in [3.8, 4) is 0 Å². The van der Waals surface area contributed by atoms with Crippen LogP contribution in [0.5, 0.6) is 0 Å². The minimum Gasteiger partial charge on any atom is -0.359 e. The van der Waals surface area contributed by atoms with Gasteiger partial charge in [0.2, 0.25) is 0 Å². The fraction of sp³-hybridized carbons (Fsp3) is 0.692. The van der Waals surface area contributed by atoms with Gasteiger partial charge in [0, 0.05) is 25.0 Å². The number of nitrogens with two attached hydrogens (primary N) is 1. The number of rotatable bonds is 5. The van der Waals surface area contributed by atoms with Gasteiger partial charge in [0.15, 0.2) is 5.82 Å². The molecule has 0 fully saturated rings. The lowest BCUT2D eigenvalue weighted by atomic mass is 9.88. The number of nitrogens with zero attached hydrogens (tertiary/aromatic N) is 2. The van der Waals surface area contributed by atoms with Crippen molar-refractivity contribution in [2.45, 2.75) is 46.2 Å². The first-order valence-electron chi connectivity index (χ1n) is 6.37. The second-order valence-electron chi connectivity index (χ2n) is 5.48. The Morgan fingerprint density at radius 3 is 2.50 bits per heavy atom. The monoisotopic (exact) mass is 252 g/mol. The summed E-state index contributed by atoms with van der Waals surface area (Å²) in [4.78, 5) is 16.4. The van der Waals surface area contributed by atoms with Crippen LogP contribution in [0.1, 0.15) is 40.7 Å². The second-order valence-corrected chi connectivity index (χ2v) is 5.48. The van der Waals surface area contributed by atoms with Crippen LogP contribution in [0, 0.1) is 5.92 Å². The summed E-state index contributed by atoms with van der Waals surface area (Å²) >= 11 is 0. The molecular weight excluding hydrogens is 228 g/mol. The van der Waals surface area contributed by atoms with Crippen molar-refractivity contribution in [1.29, 1.82) is 0 Å². The maximum atomic E-state index is 12.2.